The van der Waals surface area contributed by atoms with E-state index in [1.807, 2.05) is 0 Å². The van der Waals surface area contributed by atoms with Gasteiger partial charge in [0.05, 0.1) is 17.5 Å². The molecule has 0 unspecified atom stereocenters. The third-order valence-electron chi connectivity index (χ3n) is 14.2. The molecule has 44 heavy (non-hydrogen) atoms. The van der Waals surface area contributed by atoms with Gasteiger partial charge in [-0.25, -0.2) is 4.79 Å². The predicted octanol–water partition coefficient (Wildman–Crippen LogP) is 7.51. The quantitative estimate of drug-likeness (QED) is 0.188. The summed E-state index contributed by atoms with van der Waals surface area (Å²) in [5.74, 6) is -0.713. The van der Waals surface area contributed by atoms with Crippen LogP contribution in [-0.2, 0) is 19.2 Å². The first-order chi connectivity index (χ1) is 20.4. The van der Waals surface area contributed by atoms with E-state index in [9.17, 15) is 24.3 Å². The fourth-order valence-electron chi connectivity index (χ4n) is 11.4. The highest BCUT2D eigenvalue weighted by molar-refractivity contribution is 8.15. The Bertz CT molecular complexity index is 1370. The van der Waals surface area contributed by atoms with Gasteiger partial charge >= 0.3 is 11.9 Å². The lowest BCUT2D eigenvalue weighted by atomic mass is 9.33. The summed E-state index contributed by atoms with van der Waals surface area (Å²) in [6.07, 6.45) is 11.5. The van der Waals surface area contributed by atoms with E-state index in [-0.39, 0.29) is 39.4 Å². The third kappa shape index (κ3) is 4.48. The lowest BCUT2D eigenvalue weighted by Gasteiger charge is -2.70. The molecule has 2 amide bonds. The summed E-state index contributed by atoms with van der Waals surface area (Å²) in [7, 11) is 0. The Morgan fingerprint density at radius 1 is 1.00 bits per heavy atom. The van der Waals surface area contributed by atoms with Gasteiger partial charge in [0.2, 0.25) is 5.91 Å². The number of rotatable bonds is 4. The fourth-order valence-corrected chi connectivity index (χ4v) is 12.2. The average Bonchev–Trinajstić information content (AvgIpc) is 3.23. The van der Waals surface area contributed by atoms with Crippen LogP contribution in [0.25, 0.3) is 0 Å². The van der Waals surface area contributed by atoms with Crippen LogP contribution in [0.5, 0.6) is 0 Å². The average molecular weight is 627 g/mol. The molecule has 6 aliphatic rings. The van der Waals surface area contributed by atoms with Crippen LogP contribution in [0.1, 0.15) is 119 Å². The lowest BCUT2D eigenvalue weighted by Crippen LogP contribution is -2.64. The van der Waals surface area contributed by atoms with Crippen molar-refractivity contribution in [1.29, 1.82) is 0 Å². The monoisotopic (exact) mass is 626 g/mol. The van der Waals surface area contributed by atoms with Gasteiger partial charge in [-0.1, -0.05) is 77.0 Å². The number of fused-ring (bicyclic) bond motifs is 7. The highest BCUT2D eigenvalue weighted by Gasteiger charge is 2.69. The number of allylic oxidation sites excluding steroid dienone is 2. The molecule has 9 heteroatoms. The molecule has 5 aliphatic carbocycles. The standard InChI is InChI=1S/C35H50N2O6S/c1-30(2)14-16-35(28(40)41)17-15-33(6)20(21(35)19-30)8-9-24-32(5)12-11-25(31(3,4)23(32)10-13-34(24,33)7)37-43-26(38)18-22-27(39)36-29(42)44-22/h8,21-24H,9-19H2,1-7H3,(H,40,41)(H,36,39,42)/b37-25-/t21-,22-,23-,24+,32-,33+,34+,35-/m0/s1. The molecule has 1 saturated heterocycles. The molecule has 0 aromatic carbocycles. The van der Waals surface area contributed by atoms with Crippen LogP contribution in [0.2, 0.25) is 0 Å². The van der Waals surface area contributed by atoms with Crippen molar-refractivity contribution < 1.29 is 29.1 Å². The summed E-state index contributed by atoms with van der Waals surface area (Å²) in [6.45, 7) is 16.6. The number of imide groups is 1. The first-order valence-electron chi connectivity index (χ1n) is 16.6. The van der Waals surface area contributed by atoms with Crippen LogP contribution in [0.3, 0.4) is 0 Å². The van der Waals surface area contributed by atoms with Gasteiger partial charge in [-0.2, -0.15) is 0 Å². The molecule has 1 heterocycles. The number of nitrogens with one attached hydrogen (secondary N) is 1. The molecule has 5 fully saturated rings. The number of hydrogen-bond donors (Lipinski definition) is 2. The number of amides is 2. The number of carbonyl (C=O) groups is 4. The summed E-state index contributed by atoms with van der Waals surface area (Å²) < 4.78 is 0. The maximum Gasteiger partial charge on any atom is 0.336 e. The molecule has 242 valence electrons. The highest BCUT2D eigenvalue weighted by Crippen LogP contribution is 2.75. The van der Waals surface area contributed by atoms with Crippen molar-refractivity contribution in [2.45, 2.75) is 124 Å². The van der Waals surface area contributed by atoms with Gasteiger partial charge in [0.1, 0.15) is 5.25 Å². The van der Waals surface area contributed by atoms with Crippen molar-refractivity contribution in [3.63, 3.8) is 0 Å². The van der Waals surface area contributed by atoms with Crippen LogP contribution >= 0.6 is 11.8 Å². The Morgan fingerprint density at radius 2 is 1.70 bits per heavy atom. The highest BCUT2D eigenvalue weighted by atomic mass is 32.2. The van der Waals surface area contributed by atoms with Crippen molar-refractivity contribution >= 4 is 40.6 Å². The number of carboxylic acid groups (broad SMARTS) is 1. The van der Waals surface area contributed by atoms with E-state index in [2.05, 4.69) is 65.0 Å². The Morgan fingerprint density at radius 3 is 2.36 bits per heavy atom. The molecule has 4 saturated carbocycles. The van der Waals surface area contributed by atoms with Gasteiger partial charge in [0.15, 0.2) is 0 Å². The summed E-state index contributed by atoms with van der Waals surface area (Å²) in [4.78, 5) is 54.2. The number of thioether (sulfide) groups is 1. The molecule has 8 atom stereocenters. The van der Waals surface area contributed by atoms with E-state index in [1.54, 1.807) is 0 Å². The molecule has 0 bridgehead atoms. The fraction of sp³-hybridized carbons (Fsp3) is 0.800. The van der Waals surface area contributed by atoms with Crippen molar-refractivity contribution in [3.05, 3.63) is 11.6 Å². The van der Waals surface area contributed by atoms with E-state index in [4.69, 9.17) is 4.84 Å². The molecule has 6 rings (SSSR count). The molecule has 2 N–H and O–H groups in total. The number of hydrogen-bond acceptors (Lipinski definition) is 7. The zero-order valence-electron chi connectivity index (χ0n) is 27.5. The van der Waals surface area contributed by atoms with Crippen LogP contribution < -0.4 is 5.32 Å². The minimum absolute atomic E-state index is 0.0269. The zero-order valence-corrected chi connectivity index (χ0v) is 28.3. The van der Waals surface area contributed by atoms with Gasteiger partial charge < -0.3 is 9.94 Å². The van der Waals surface area contributed by atoms with Crippen molar-refractivity contribution in [2.75, 3.05) is 0 Å². The number of carboxylic acids is 1. The topological polar surface area (TPSA) is 122 Å². The predicted molar refractivity (Wildman–Crippen MR) is 170 cm³/mol. The molecule has 8 nitrogen and oxygen atoms in total. The first kappa shape index (κ1) is 31.8. The van der Waals surface area contributed by atoms with E-state index >= 15 is 0 Å². The summed E-state index contributed by atoms with van der Waals surface area (Å²) in [5, 5.41) is 16.0. The van der Waals surface area contributed by atoms with Crippen LogP contribution in [-0.4, -0.2) is 39.2 Å². The molecule has 0 radical (unpaired) electrons. The van der Waals surface area contributed by atoms with E-state index in [0.717, 1.165) is 81.7 Å². The minimum atomic E-state index is -0.764. The molecule has 0 aromatic heterocycles. The number of oxime groups is 1. The normalized spacial score (nSPS) is 44.8. The third-order valence-corrected chi connectivity index (χ3v) is 15.2. The van der Waals surface area contributed by atoms with Crippen LogP contribution in [0.4, 0.5) is 4.79 Å². The van der Waals surface area contributed by atoms with E-state index < -0.39 is 33.7 Å². The Kier molecular flexibility index (Phi) is 7.35. The van der Waals surface area contributed by atoms with Crippen molar-refractivity contribution in [3.8, 4) is 0 Å². The molecular formula is C35H50N2O6S. The van der Waals surface area contributed by atoms with Gasteiger partial charge in [0.25, 0.3) is 5.24 Å². The number of aliphatic carboxylic acids is 1. The van der Waals surface area contributed by atoms with Gasteiger partial charge in [-0.05, 0) is 104 Å². The lowest BCUT2D eigenvalue weighted by molar-refractivity contribution is -0.179. The molecule has 1 aliphatic heterocycles. The van der Waals surface area contributed by atoms with E-state index in [1.165, 1.54) is 5.57 Å². The Labute approximate surface area is 265 Å². The summed E-state index contributed by atoms with van der Waals surface area (Å²) in [6, 6.07) is 0. The zero-order chi connectivity index (χ0) is 32.1. The first-order valence-corrected chi connectivity index (χ1v) is 17.5. The molecule has 0 aromatic rings. The van der Waals surface area contributed by atoms with Crippen molar-refractivity contribution in [1.82, 2.24) is 5.32 Å². The second-order valence-electron chi connectivity index (χ2n) is 17.0. The smallest absolute Gasteiger partial charge is 0.336 e. The van der Waals surface area contributed by atoms with E-state index in [0.29, 0.717) is 11.8 Å². The molecule has 0 spiro atoms. The Hall–Kier alpha value is -2.16. The minimum Gasteiger partial charge on any atom is -0.481 e. The SMILES string of the molecule is CC1(C)CC[C@]2(C(=O)O)CC[C@]3(C)C(=CC[C@@H]4[C@@]5(C)CC/C(=N/OC(=O)C[C@@H]6SC(=O)NC6=O)C(C)(C)[C@@H]5CC[C@]43C)[C@@H]2C1. The largest absolute Gasteiger partial charge is 0.481 e. The maximum atomic E-state index is 12.9. The van der Waals surface area contributed by atoms with Gasteiger partial charge in [-0.3, -0.25) is 19.7 Å². The summed E-state index contributed by atoms with van der Waals surface area (Å²) in [5.41, 5.74) is 1.70. The summed E-state index contributed by atoms with van der Waals surface area (Å²) >= 11 is 0.820. The van der Waals surface area contributed by atoms with Crippen LogP contribution in [0.15, 0.2) is 16.8 Å². The van der Waals surface area contributed by atoms with Crippen LogP contribution in [0, 0.1) is 50.2 Å². The second kappa shape index (κ2) is 10.2. The number of nitrogens with zero attached hydrogens (tertiary/aromatic N) is 1. The Balaban J connectivity index is 1.26. The molecular weight excluding hydrogens is 576 g/mol. The van der Waals surface area contributed by atoms with Gasteiger partial charge in [0, 0.05) is 5.41 Å². The second-order valence-corrected chi connectivity index (χ2v) is 18.2. The van der Waals surface area contributed by atoms with Gasteiger partial charge in [-0.15, -0.1) is 0 Å². The van der Waals surface area contributed by atoms with Crippen molar-refractivity contribution in [2.24, 2.45) is 55.4 Å². The maximum absolute atomic E-state index is 12.9. The number of carbonyl (C=O) groups excluding carboxylic acids is 3.